The van der Waals surface area contributed by atoms with E-state index in [1.807, 2.05) is 17.6 Å². The van der Waals surface area contributed by atoms with Crippen LogP contribution in [0.15, 0.2) is 30.0 Å². The molecule has 3 rings (SSSR count). The summed E-state index contributed by atoms with van der Waals surface area (Å²) in [5.41, 5.74) is 4.75. The molecule has 0 atom stereocenters. The van der Waals surface area contributed by atoms with Gasteiger partial charge in [-0.2, -0.15) is 0 Å². The normalized spacial score (nSPS) is 11.2. The number of halogens is 1. The van der Waals surface area contributed by atoms with Crippen LogP contribution in [0.3, 0.4) is 0 Å². The fourth-order valence-electron chi connectivity index (χ4n) is 2.05. The van der Waals surface area contributed by atoms with Crippen molar-refractivity contribution in [1.29, 1.82) is 0 Å². The highest BCUT2D eigenvalue weighted by atomic mass is 35.5. The number of fused-ring (bicyclic) bond motifs is 1. The van der Waals surface area contributed by atoms with E-state index in [0.29, 0.717) is 5.15 Å². The molecule has 0 aliphatic heterocycles. The van der Waals surface area contributed by atoms with Crippen LogP contribution in [0, 0.1) is 0 Å². The predicted octanol–water partition coefficient (Wildman–Crippen LogP) is 4.61. The quantitative estimate of drug-likeness (QED) is 0.718. The molecule has 4 nitrogen and oxygen atoms in total. The number of anilines is 2. The fraction of sp³-hybridized carbons (Fsp3) is 0.214. The molecule has 0 radical (unpaired) electrons. The van der Waals surface area contributed by atoms with Gasteiger partial charge in [0.05, 0.1) is 15.7 Å². The van der Waals surface area contributed by atoms with Crippen LogP contribution < -0.4 is 5.32 Å². The Labute approximate surface area is 125 Å². The van der Waals surface area contributed by atoms with Crippen LogP contribution in [0.25, 0.3) is 10.2 Å². The molecule has 0 saturated carbocycles. The molecule has 0 aliphatic rings. The molecule has 0 bridgehead atoms. The van der Waals surface area contributed by atoms with Gasteiger partial charge in [-0.3, -0.25) is 0 Å². The summed E-state index contributed by atoms with van der Waals surface area (Å²) in [7, 11) is 0. The van der Waals surface area contributed by atoms with Crippen molar-refractivity contribution in [2.24, 2.45) is 0 Å². The first kappa shape index (κ1) is 13.3. The molecular formula is C14H13ClN4S. The lowest BCUT2D eigenvalue weighted by Crippen LogP contribution is -2.02. The van der Waals surface area contributed by atoms with E-state index < -0.39 is 0 Å². The van der Waals surface area contributed by atoms with E-state index in [4.69, 9.17) is 11.6 Å². The highest BCUT2D eigenvalue weighted by Gasteiger charge is 2.13. The second-order valence-electron chi connectivity index (χ2n) is 4.74. The van der Waals surface area contributed by atoms with E-state index in [9.17, 15) is 0 Å². The smallest absolute Gasteiger partial charge is 0.138 e. The lowest BCUT2D eigenvalue weighted by molar-refractivity contribution is 0.850. The van der Waals surface area contributed by atoms with Crippen molar-refractivity contribution in [3.63, 3.8) is 0 Å². The van der Waals surface area contributed by atoms with Gasteiger partial charge in [0.1, 0.15) is 17.3 Å². The van der Waals surface area contributed by atoms with Crippen LogP contribution in [0.2, 0.25) is 5.15 Å². The molecule has 0 unspecified atom stereocenters. The van der Waals surface area contributed by atoms with Crippen LogP contribution in [0.4, 0.5) is 11.5 Å². The number of rotatable bonds is 3. The van der Waals surface area contributed by atoms with Crippen molar-refractivity contribution >= 4 is 44.7 Å². The van der Waals surface area contributed by atoms with Crippen molar-refractivity contribution in [1.82, 2.24) is 15.0 Å². The summed E-state index contributed by atoms with van der Waals surface area (Å²) < 4.78 is 1.14. The van der Waals surface area contributed by atoms with E-state index in [-0.39, 0.29) is 5.92 Å². The Balaban J connectivity index is 2.00. The monoisotopic (exact) mass is 304 g/mol. The Kier molecular flexibility index (Phi) is 3.54. The van der Waals surface area contributed by atoms with Gasteiger partial charge in [-0.1, -0.05) is 25.4 Å². The van der Waals surface area contributed by atoms with Gasteiger partial charge in [0.25, 0.3) is 0 Å². The summed E-state index contributed by atoms with van der Waals surface area (Å²) in [6.45, 7) is 4.14. The molecule has 0 spiro atoms. The zero-order valence-electron chi connectivity index (χ0n) is 11.1. The SMILES string of the molecule is CC(C)c1c(Cl)ncnc1Nc1ccc2ncsc2c1. The minimum atomic E-state index is 0.248. The first-order valence-electron chi connectivity index (χ1n) is 6.26. The number of nitrogens with one attached hydrogen (secondary N) is 1. The van der Waals surface area contributed by atoms with Crippen LogP contribution in [0.1, 0.15) is 25.3 Å². The molecule has 102 valence electrons. The second kappa shape index (κ2) is 5.34. The molecule has 2 heterocycles. The minimum Gasteiger partial charge on any atom is -0.340 e. The zero-order valence-corrected chi connectivity index (χ0v) is 12.7. The Morgan fingerprint density at radius 1 is 1.20 bits per heavy atom. The topological polar surface area (TPSA) is 50.7 Å². The van der Waals surface area contributed by atoms with Crippen molar-refractivity contribution in [2.45, 2.75) is 19.8 Å². The maximum Gasteiger partial charge on any atom is 0.138 e. The summed E-state index contributed by atoms with van der Waals surface area (Å²) >= 11 is 7.78. The van der Waals surface area contributed by atoms with Gasteiger partial charge in [0.15, 0.2) is 0 Å². The van der Waals surface area contributed by atoms with Crippen LogP contribution in [-0.4, -0.2) is 15.0 Å². The summed E-state index contributed by atoms with van der Waals surface area (Å²) in [5.74, 6) is 1.00. The number of benzene rings is 1. The molecule has 1 N–H and O–H groups in total. The zero-order chi connectivity index (χ0) is 14.1. The predicted molar refractivity (Wildman–Crippen MR) is 84.0 cm³/mol. The Hall–Kier alpha value is -1.72. The molecule has 6 heteroatoms. The Morgan fingerprint density at radius 3 is 2.85 bits per heavy atom. The average Bonchev–Trinajstić information content (AvgIpc) is 2.85. The molecule has 1 aromatic carbocycles. The van der Waals surface area contributed by atoms with Crippen molar-refractivity contribution in [2.75, 3.05) is 5.32 Å². The summed E-state index contributed by atoms with van der Waals surface area (Å²) in [6, 6.07) is 6.04. The molecule has 0 saturated heterocycles. The van der Waals surface area contributed by atoms with Crippen molar-refractivity contribution < 1.29 is 0 Å². The Morgan fingerprint density at radius 2 is 2.05 bits per heavy atom. The second-order valence-corrected chi connectivity index (χ2v) is 5.99. The summed E-state index contributed by atoms with van der Waals surface area (Å²) in [5, 5.41) is 3.82. The molecule has 0 fully saturated rings. The molecule has 0 amide bonds. The third-order valence-corrected chi connectivity index (χ3v) is 4.10. The maximum absolute atomic E-state index is 6.17. The van der Waals surface area contributed by atoms with Gasteiger partial charge in [-0.25, -0.2) is 15.0 Å². The molecule has 3 aromatic rings. The van der Waals surface area contributed by atoms with Crippen LogP contribution in [-0.2, 0) is 0 Å². The first-order valence-corrected chi connectivity index (χ1v) is 7.51. The third-order valence-electron chi connectivity index (χ3n) is 3.01. The largest absolute Gasteiger partial charge is 0.340 e. The lowest BCUT2D eigenvalue weighted by Gasteiger charge is -2.14. The highest BCUT2D eigenvalue weighted by molar-refractivity contribution is 7.16. The van der Waals surface area contributed by atoms with Gasteiger partial charge >= 0.3 is 0 Å². The first-order chi connectivity index (χ1) is 9.65. The Bertz CT molecular complexity index is 754. The van der Waals surface area contributed by atoms with E-state index >= 15 is 0 Å². The molecule has 2 aromatic heterocycles. The number of hydrogen-bond donors (Lipinski definition) is 1. The number of nitrogens with zero attached hydrogens (tertiary/aromatic N) is 3. The number of aromatic nitrogens is 3. The fourth-order valence-corrected chi connectivity index (χ4v) is 3.12. The van der Waals surface area contributed by atoms with Gasteiger partial charge < -0.3 is 5.32 Å². The van der Waals surface area contributed by atoms with Crippen molar-refractivity contribution in [3.05, 3.63) is 40.8 Å². The van der Waals surface area contributed by atoms with Crippen LogP contribution in [0.5, 0.6) is 0 Å². The highest BCUT2D eigenvalue weighted by Crippen LogP contribution is 2.31. The van der Waals surface area contributed by atoms with Gasteiger partial charge in [0.2, 0.25) is 0 Å². The molecular weight excluding hydrogens is 292 g/mol. The summed E-state index contributed by atoms with van der Waals surface area (Å²) in [6.07, 6.45) is 1.47. The van der Waals surface area contributed by atoms with Gasteiger partial charge in [-0.15, -0.1) is 11.3 Å². The maximum atomic E-state index is 6.17. The number of hydrogen-bond acceptors (Lipinski definition) is 5. The molecule has 20 heavy (non-hydrogen) atoms. The van der Waals surface area contributed by atoms with E-state index in [1.54, 1.807) is 11.3 Å². The lowest BCUT2D eigenvalue weighted by atomic mass is 10.1. The van der Waals surface area contributed by atoms with E-state index in [0.717, 1.165) is 27.3 Å². The standard InChI is InChI=1S/C14H13ClN4S/c1-8(2)12-13(15)16-6-17-14(12)19-9-3-4-10-11(5-9)20-7-18-10/h3-8H,1-2H3,(H,16,17,19). The van der Waals surface area contributed by atoms with E-state index in [2.05, 4.69) is 40.2 Å². The van der Waals surface area contributed by atoms with Gasteiger partial charge in [0, 0.05) is 11.3 Å². The van der Waals surface area contributed by atoms with Crippen molar-refractivity contribution in [3.8, 4) is 0 Å². The van der Waals surface area contributed by atoms with Crippen LogP contribution >= 0.6 is 22.9 Å². The van der Waals surface area contributed by atoms with E-state index in [1.165, 1.54) is 6.33 Å². The molecule has 0 aliphatic carbocycles. The van der Waals surface area contributed by atoms with Gasteiger partial charge in [-0.05, 0) is 24.1 Å². The summed E-state index contributed by atoms with van der Waals surface area (Å²) in [4.78, 5) is 12.6. The average molecular weight is 305 g/mol. The third kappa shape index (κ3) is 2.46. The number of thiazole rings is 1. The minimum absolute atomic E-state index is 0.248.